The standard InChI is InChI=1S/C10H20N2O2/c1-3-4-8(2)12-6-5-10(11,7-12)9(13)14/h8H,3-7,11H2,1-2H3,(H,13,14). The molecule has 82 valence electrons. The minimum atomic E-state index is -1.01. The third kappa shape index (κ3) is 2.25. The third-order valence-electron chi connectivity index (χ3n) is 3.09. The van der Waals surface area contributed by atoms with Crippen LogP contribution in [0.5, 0.6) is 0 Å². The summed E-state index contributed by atoms with van der Waals surface area (Å²) in [4.78, 5) is 13.1. The first kappa shape index (κ1) is 11.5. The molecule has 1 heterocycles. The molecule has 0 aliphatic carbocycles. The number of hydrogen-bond acceptors (Lipinski definition) is 3. The Morgan fingerprint density at radius 2 is 2.36 bits per heavy atom. The Balaban J connectivity index is 2.52. The molecule has 2 unspecified atom stereocenters. The van der Waals surface area contributed by atoms with Crippen LogP contribution in [0, 0.1) is 0 Å². The Kier molecular flexibility index (Phi) is 3.50. The van der Waals surface area contributed by atoms with Crippen LogP contribution in [0.15, 0.2) is 0 Å². The SMILES string of the molecule is CCCC(C)N1CCC(N)(C(=O)O)C1. The molecule has 0 saturated carbocycles. The number of likely N-dealkylation sites (tertiary alicyclic amines) is 1. The minimum Gasteiger partial charge on any atom is -0.480 e. The van der Waals surface area contributed by atoms with E-state index >= 15 is 0 Å². The number of hydrogen-bond donors (Lipinski definition) is 2. The number of nitrogens with zero attached hydrogens (tertiary/aromatic N) is 1. The van der Waals surface area contributed by atoms with E-state index in [1.54, 1.807) is 0 Å². The summed E-state index contributed by atoms with van der Waals surface area (Å²) in [7, 11) is 0. The van der Waals surface area contributed by atoms with E-state index in [1.165, 1.54) is 0 Å². The van der Waals surface area contributed by atoms with Crippen LogP contribution in [0.4, 0.5) is 0 Å². The molecule has 0 aromatic heterocycles. The molecule has 0 radical (unpaired) electrons. The second-order valence-corrected chi connectivity index (χ2v) is 4.32. The van der Waals surface area contributed by atoms with Crippen molar-refractivity contribution >= 4 is 5.97 Å². The Bertz CT molecular complexity index is 220. The summed E-state index contributed by atoms with van der Waals surface area (Å²) < 4.78 is 0. The van der Waals surface area contributed by atoms with Gasteiger partial charge in [0.1, 0.15) is 5.54 Å². The summed E-state index contributed by atoms with van der Waals surface area (Å²) in [6, 6.07) is 0.449. The van der Waals surface area contributed by atoms with E-state index in [2.05, 4.69) is 18.7 Å². The van der Waals surface area contributed by atoms with Gasteiger partial charge in [-0.3, -0.25) is 9.69 Å². The maximum absolute atomic E-state index is 10.9. The lowest BCUT2D eigenvalue weighted by molar-refractivity contribution is -0.142. The maximum atomic E-state index is 10.9. The monoisotopic (exact) mass is 200 g/mol. The fourth-order valence-corrected chi connectivity index (χ4v) is 2.01. The number of rotatable bonds is 4. The molecule has 1 fully saturated rings. The van der Waals surface area contributed by atoms with Crippen molar-refractivity contribution in [2.45, 2.75) is 44.7 Å². The molecule has 1 saturated heterocycles. The van der Waals surface area contributed by atoms with Gasteiger partial charge in [0.15, 0.2) is 0 Å². The van der Waals surface area contributed by atoms with Gasteiger partial charge in [-0.15, -0.1) is 0 Å². The maximum Gasteiger partial charge on any atom is 0.325 e. The summed E-state index contributed by atoms with van der Waals surface area (Å²) in [5.74, 6) is -0.872. The molecule has 14 heavy (non-hydrogen) atoms. The molecule has 4 heteroatoms. The molecule has 2 atom stereocenters. The van der Waals surface area contributed by atoms with Crippen molar-refractivity contribution in [1.82, 2.24) is 4.90 Å². The van der Waals surface area contributed by atoms with Crippen molar-refractivity contribution in [3.05, 3.63) is 0 Å². The number of carboxylic acids is 1. The Morgan fingerprint density at radius 1 is 1.71 bits per heavy atom. The van der Waals surface area contributed by atoms with Gasteiger partial charge >= 0.3 is 5.97 Å². The summed E-state index contributed by atoms with van der Waals surface area (Å²) in [5, 5.41) is 8.95. The number of carboxylic acid groups (broad SMARTS) is 1. The number of aliphatic carboxylic acids is 1. The van der Waals surface area contributed by atoms with Gasteiger partial charge in [-0.05, 0) is 19.8 Å². The normalized spacial score (nSPS) is 30.5. The summed E-state index contributed by atoms with van der Waals surface area (Å²) >= 11 is 0. The molecule has 0 amide bonds. The smallest absolute Gasteiger partial charge is 0.325 e. The van der Waals surface area contributed by atoms with E-state index in [0.717, 1.165) is 19.4 Å². The molecule has 3 N–H and O–H groups in total. The van der Waals surface area contributed by atoms with Crippen molar-refractivity contribution in [2.75, 3.05) is 13.1 Å². The van der Waals surface area contributed by atoms with Crippen molar-refractivity contribution in [3.63, 3.8) is 0 Å². The Hall–Kier alpha value is -0.610. The molecular weight excluding hydrogens is 180 g/mol. The van der Waals surface area contributed by atoms with Crippen LogP contribution in [-0.4, -0.2) is 40.6 Å². The van der Waals surface area contributed by atoms with Crippen LogP contribution < -0.4 is 5.73 Å². The largest absolute Gasteiger partial charge is 0.480 e. The lowest BCUT2D eigenvalue weighted by Gasteiger charge is -2.25. The molecule has 0 aromatic carbocycles. The zero-order valence-electron chi connectivity index (χ0n) is 8.99. The molecular formula is C10H20N2O2. The lowest BCUT2D eigenvalue weighted by Crippen LogP contribution is -2.50. The molecule has 1 rings (SSSR count). The van der Waals surface area contributed by atoms with Gasteiger partial charge in [-0.25, -0.2) is 0 Å². The zero-order valence-corrected chi connectivity index (χ0v) is 8.99. The third-order valence-corrected chi connectivity index (χ3v) is 3.09. The van der Waals surface area contributed by atoms with Crippen molar-refractivity contribution in [2.24, 2.45) is 5.73 Å². The number of carbonyl (C=O) groups is 1. The van der Waals surface area contributed by atoms with Gasteiger partial charge in [0.2, 0.25) is 0 Å². The average molecular weight is 200 g/mol. The fourth-order valence-electron chi connectivity index (χ4n) is 2.01. The van der Waals surface area contributed by atoms with Gasteiger partial charge in [-0.1, -0.05) is 13.3 Å². The van der Waals surface area contributed by atoms with Gasteiger partial charge in [-0.2, -0.15) is 0 Å². The predicted octanol–water partition coefficient (Wildman–Crippen LogP) is 0.663. The van der Waals surface area contributed by atoms with Gasteiger partial charge in [0.05, 0.1) is 0 Å². The molecule has 1 aliphatic heterocycles. The van der Waals surface area contributed by atoms with Gasteiger partial charge in [0.25, 0.3) is 0 Å². The van der Waals surface area contributed by atoms with Crippen molar-refractivity contribution in [1.29, 1.82) is 0 Å². The van der Waals surface area contributed by atoms with Crippen LogP contribution in [0.2, 0.25) is 0 Å². The summed E-state index contributed by atoms with van der Waals surface area (Å²) in [5.41, 5.74) is 4.77. The van der Waals surface area contributed by atoms with E-state index < -0.39 is 11.5 Å². The van der Waals surface area contributed by atoms with E-state index in [4.69, 9.17) is 10.8 Å². The molecule has 0 aromatic rings. The second kappa shape index (κ2) is 4.28. The van der Waals surface area contributed by atoms with Crippen LogP contribution in [-0.2, 0) is 4.79 Å². The van der Waals surface area contributed by atoms with Gasteiger partial charge in [0, 0.05) is 19.1 Å². The van der Waals surface area contributed by atoms with E-state index in [1.807, 2.05) is 0 Å². The van der Waals surface area contributed by atoms with E-state index in [9.17, 15) is 4.79 Å². The molecule has 0 spiro atoms. The van der Waals surface area contributed by atoms with Crippen LogP contribution in [0.1, 0.15) is 33.1 Å². The fraction of sp³-hybridized carbons (Fsp3) is 0.900. The van der Waals surface area contributed by atoms with Crippen molar-refractivity contribution in [3.8, 4) is 0 Å². The topological polar surface area (TPSA) is 66.6 Å². The highest BCUT2D eigenvalue weighted by Gasteiger charge is 2.42. The molecule has 4 nitrogen and oxygen atoms in total. The highest BCUT2D eigenvalue weighted by molar-refractivity contribution is 5.79. The first-order valence-electron chi connectivity index (χ1n) is 5.26. The molecule has 1 aliphatic rings. The quantitative estimate of drug-likeness (QED) is 0.699. The first-order valence-corrected chi connectivity index (χ1v) is 5.26. The second-order valence-electron chi connectivity index (χ2n) is 4.32. The summed E-state index contributed by atoms with van der Waals surface area (Å²) in [6.07, 6.45) is 2.80. The van der Waals surface area contributed by atoms with E-state index in [-0.39, 0.29) is 0 Å². The molecule has 0 bridgehead atoms. The van der Waals surface area contributed by atoms with E-state index in [0.29, 0.717) is 19.0 Å². The highest BCUT2D eigenvalue weighted by atomic mass is 16.4. The average Bonchev–Trinajstić information content (AvgIpc) is 2.50. The predicted molar refractivity (Wildman–Crippen MR) is 55.1 cm³/mol. The van der Waals surface area contributed by atoms with Crippen LogP contribution >= 0.6 is 0 Å². The lowest BCUT2D eigenvalue weighted by atomic mass is 10.0. The van der Waals surface area contributed by atoms with Gasteiger partial charge < -0.3 is 10.8 Å². The number of nitrogens with two attached hydrogens (primary N) is 1. The summed E-state index contributed by atoms with van der Waals surface area (Å²) in [6.45, 7) is 5.57. The minimum absolute atomic E-state index is 0.449. The van der Waals surface area contributed by atoms with Crippen LogP contribution in [0.25, 0.3) is 0 Å². The first-order chi connectivity index (χ1) is 6.49. The Morgan fingerprint density at radius 3 is 2.79 bits per heavy atom. The Labute approximate surface area is 85.1 Å². The zero-order chi connectivity index (χ0) is 10.8. The highest BCUT2D eigenvalue weighted by Crippen LogP contribution is 2.22. The van der Waals surface area contributed by atoms with Crippen LogP contribution in [0.3, 0.4) is 0 Å². The van der Waals surface area contributed by atoms with Crippen molar-refractivity contribution < 1.29 is 9.90 Å².